The van der Waals surface area contributed by atoms with E-state index in [1.807, 2.05) is 51.1 Å². The second-order valence-electron chi connectivity index (χ2n) is 10.2. The monoisotopic (exact) mass is 486 g/mol. The Morgan fingerprint density at radius 3 is 2.42 bits per heavy atom. The zero-order valence-electron chi connectivity index (χ0n) is 21.0. The lowest BCUT2D eigenvalue weighted by Crippen LogP contribution is -2.32. The molecule has 3 amide bonds. The molecule has 1 aliphatic carbocycles. The van der Waals surface area contributed by atoms with Gasteiger partial charge in [-0.05, 0) is 80.1 Å². The number of ether oxygens (including phenoxy) is 1. The zero-order valence-corrected chi connectivity index (χ0v) is 21.0. The molecule has 2 fully saturated rings. The van der Waals surface area contributed by atoms with Crippen LogP contribution in [0.2, 0.25) is 0 Å². The van der Waals surface area contributed by atoms with E-state index >= 15 is 0 Å². The number of imide groups is 1. The van der Waals surface area contributed by atoms with Crippen molar-refractivity contribution in [2.75, 3.05) is 16.3 Å². The van der Waals surface area contributed by atoms with Gasteiger partial charge in [0, 0.05) is 18.7 Å². The number of esters is 1. The van der Waals surface area contributed by atoms with Crippen LogP contribution < -0.4 is 14.5 Å². The third kappa shape index (κ3) is 4.02. The molecule has 0 saturated carbocycles. The van der Waals surface area contributed by atoms with Crippen LogP contribution in [-0.4, -0.2) is 30.2 Å². The van der Waals surface area contributed by atoms with Crippen LogP contribution in [0.4, 0.5) is 11.4 Å². The van der Waals surface area contributed by atoms with Gasteiger partial charge in [0.05, 0.1) is 23.4 Å². The summed E-state index contributed by atoms with van der Waals surface area (Å²) in [4.78, 5) is 54.6. The van der Waals surface area contributed by atoms with Crippen LogP contribution >= 0.6 is 0 Å². The van der Waals surface area contributed by atoms with E-state index < -0.39 is 11.9 Å². The first-order valence-corrected chi connectivity index (χ1v) is 12.4. The molecule has 0 bridgehead atoms. The van der Waals surface area contributed by atoms with Gasteiger partial charge in [0.2, 0.25) is 17.7 Å². The smallest absolute Gasteiger partial charge is 0.316 e. The van der Waals surface area contributed by atoms with Crippen molar-refractivity contribution in [3.8, 4) is 5.75 Å². The van der Waals surface area contributed by atoms with E-state index in [9.17, 15) is 19.2 Å². The Morgan fingerprint density at radius 2 is 1.72 bits per heavy atom. The summed E-state index contributed by atoms with van der Waals surface area (Å²) in [6, 6.07) is 10.7. The minimum Gasteiger partial charge on any atom is -0.426 e. The molecule has 0 radical (unpaired) electrons. The van der Waals surface area contributed by atoms with E-state index in [0.717, 1.165) is 16.8 Å². The van der Waals surface area contributed by atoms with Gasteiger partial charge in [-0.15, -0.1) is 0 Å². The number of carbonyl (C=O) groups is 4. The maximum absolute atomic E-state index is 13.1. The Kier molecular flexibility index (Phi) is 6.02. The van der Waals surface area contributed by atoms with E-state index in [-0.39, 0.29) is 48.4 Å². The summed E-state index contributed by atoms with van der Waals surface area (Å²) in [5.74, 6) is -1.82. The second kappa shape index (κ2) is 9.04. The number of anilines is 2. The summed E-state index contributed by atoms with van der Waals surface area (Å²) in [5, 5.41) is 0. The Balaban J connectivity index is 1.29. The number of aryl methyl sites for hydroxylation is 3. The number of fused-ring (bicyclic) bond motifs is 1. The van der Waals surface area contributed by atoms with Crippen molar-refractivity contribution in [3.05, 3.63) is 65.2 Å². The lowest BCUT2D eigenvalue weighted by Gasteiger charge is -2.22. The first-order valence-electron chi connectivity index (χ1n) is 12.4. The van der Waals surface area contributed by atoms with Crippen molar-refractivity contribution >= 4 is 35.1 Å². The van der Waals surface area contributed by atoms with E-state index in [0.29, 0.717) is 23.4 Å². The number of allylic oxidation sites excluding steroid dienone is 2. The van der Waals surface area contributed by atoms with Gasteiger partial charge in [0.25, 0.3) is 0 Å². The Labute approximate surface area is 210 Å². The molecule has 3 aliphatic rings. The largest absolute Gasteiger partial charge is 0.426 e. The highest BCUT2D eigenvalue weighted by Crippen LogP contribution is 2.41. The van der Waals surface area contributed by atoms with Gasteiger partial charge < -0.3 is 9.64 Å². The average Bonchev–Trinajstić information content (AvgIpc) is 3.34. The van der Waals surface area contributed by atoms with Gasteiger partial charge in [-0.3, -0.25) is 19.2 Å². The number of nitrogens with zero attached hydrogens (tertiary/aromatic N) is 2. The molecule has 2 heterocycles. The first kappa shape index (κ1) is 24.0. The number of hydrogen-bond donors (Lipinski definition) is 0. The highest BCUT2D eigenvalue weighted by molar-refractivity contribution is 6.22. The quantitative estimate of drug-likeness (QED) is 0.279. The van der Waals surface area contributed by atoms with Crippen LogP contribution in [0.15, 0.2) is 48.6 Å². The van der Waals surface area contributed by atoms with Gasteiger partial charge in [-0.25, -0.2) is 4.90 Å². The molecular weight excluding hydrogens is 456 g/mol. The van der Waals surface area contributed by atoms with Gasteiger partial charge in [-0.2, -0.15) is 0 Å². The summed E-state index contributed by atoms with van der Waals surface area (Å²) in [5.41, 5.74) is 4.19. The molecule has 0 N–H and O–H groups in total. The number of rotatable bonds is 4. The molecule has 36 heavy (non-hydrogen) atoms. The predicted octanol–water partition coefficient (Wildman–Crippen LogP) is 4.27. The summed E-state index contributed by atoms with van der Waals surface area (Å²) in [6.45, 7) is 8.03. The lowest BCUT2D eigenvalue weighted by atomic mass is 9.78. The highest BCUT2D eigenvalue weighted by atomic mass is 16.5. The van der Waals surface area contributed by atoms with Gasteiger partial charge >= 0.3 is 5.97 Å². The molecule has 7 heteroatoms. The summed E-state index contributed by atoms with van der Waals surface area (Å²) in [7, 11) is 0. The van der Waals surface area contributed by atoms with E-state index in [1.165, 1.54) is 4.90 Å². The van der Waals surface area contributed by atoms with Crippen molar-refractivity contribution in [2.45, 2.75) is 40.5 Å². The predicted molar refractivity (Wildman–Crippen MR) is 136 cm³/mol. The summed E-state index contributed by atoms with van der Waals surface area (Å²) >= 11 is 0. The molecule has 7 nitrogen and oxygen atoms in total. The average molecular weight is 487 g/mol. The van der Waals surface area contributed by atoms with E-state index in [1.54, 1.807) is 30.0 Å². The van der Waals surface area contributed by atoms with E-state index in [4.69, 9.17) is 4.74 Å². The van der Waals surface area contributed by atoms with Gasteiger partial charge in [0.15, 0.2) is 0 Å². The molecule has 5 rings (SSSR count). The lowest BCUT2D eigenvalue weighted by molar-refractivity contribution is -0.139. The maximum atomic E-state index is 13.1. The third-order valence-electron chi connectivity index (χ3n) is 7.76. The maximum Gasteiger partial charge on any atom is 0.316 e. The zero-order chi connectivity index (χ0) is 25.7. The Hall–Kier alpha value is -3.74. The Morgan fingerprint density at radius 1 is 0.944 bits per heavy atom. The van der Waals surface area contributed by atoms with Crippen LogP contribution in [0.3, 0.4) is 0 Å². The summed E-state index contributed by atoms with van der Waals surface area (Å²) in [6.07, 6.45) is 4.64. The molecule has 2 aromatic carbocycles. The molecule has 0 unspecified atom stereocenters. The van der Waals surface area contributed by atoms with Crippen LogP contribution in [0.5, 0.6) is 5.75 Å². The van der Waals surface area contributed by atoms with Crippen molar-refractivity contribution in [2.24, 2.45) is 23.7 Å². The topological polar surface area (TPSA) is 84.0 Å². The van der Waals surface area contributed by atoms with Crippen LogP contribution in [0.1, 0.15) is 36.5 Å². The van der Waals surface area contributed by atoms with Crippen molar-refractivity contribution in [3.63, 3.8) is 0 Å². The van der Waals surface area contributed by atoms with Crippen molar-refractivity contribution in [1.82, 2.24) is 0 Å². The minimum absolute atomic E-state index is 0.0169. The van der Waals surface area contributed by atoms with Gasteiger partial charge in [0.1, 0.15) is 5.75 Å². The normalized spacial score (nSPS) is 25.5. The third-order valence-corrected chi connectivity index (χ3v) is 7.76. The highest BCUT2D eigenvalue weighted by Gasteiger charge is 2.50. The van der Waals surface area contributed by atoms with Crippen LogP contribution in [0, 0.1) is 44.4 Å². The molecular formula is C29H30N2O5. The number of amides is 3. The van der Waals surface area contributed by atoms with E-state index in [2.05, 4.69) is 0 Å². The minimum atomic E-state index is -0.571. The summed E-state index contributed by atoms with van der Waals surface area (Å²) < 4.78 is 5.62. The molecule has 186 valence electrons. The molecule has 0 spiro atoms. The molecule has 2 aromatic rings. The first-order chi connectivity index (χ1) is 17.2. The fourth-order valence-corrected chi connectivity index (χ4v) is 5.54. The number of carbonyl (C=O) groups excluding carboxylic acids is 4. The SMILES string of the molecule is Cc1ccc(N2C[C@H](C(=O)Oc3ccc(N4C(=O)[C@@H]5[C@@H](C)C=CC[C@H]5C4=O)c(C)c3)CC2=O)cc1C. The molecule has 4 atom stereocenters. The van der Waals surface area contributed by atoms with Crippen molar-refractivity contribution in [1.29, 1.82) is 0 Å². The second-order valence-corrected chi connectivity index (χ2v) is 10.2. The Bertz CT molecular complexity index is 1310. The van der Waals surface area contributed by atoms with Gasteiger partial charge in [-0.1, -0.05) is 25.1 Å². The standard InChI is InChI=1S/C29H30N2O5/c1-16-8-9-21(12-18(16)3)30-15-20(14-25(30)32)29(35)36-22-10-11-24(19(4)13-22)31-27(33)23-7-5-6-17(2)26(23)28(31)34/h5-6,8-13,17,20,23,26H,7,14-15H2,1-4H3/t17-,20+,23+,26+/m0/s1. The molecule has 0 aromatic heterocycles. The van der Waals surface area contributed by atoms with Crippen molar-refractivity contribution < 1.29 is 23.9 Å². The van der Waals surface area contributed by atoms with Crippen LogP contribution in [0.25, 0.3) is 0 Å². The van der Waals surface area contributed by atoms with Crippen LogP contribution in [-0.2, 0) is 19.2 Å². The fourth-order valence-electron chi connectivity index (χ4n) is 5.54. The molecule has 2 saturated heterocycles. The fraction of sp³-hybridized carbons (Fsp3) is 0.379. The number of benzene rings is 2. The number of hydrogen-bond acceptors (Lipinski definition) is 5. The molecule has 2 aliphatic heterocycles.